The lowest BCUT2D eigenvalue weighted by Crippen LogP contribution is -2.34. The molecule has 0 atom stereocenters. The largest absolute Gasteiger partial charge is 0.467 e. The standard InChI is InChI=1S/C23H25F3N6O2/c1-13-10-15(11-17(29-13)21(25)26)19-20(14-4-6-16(24)7-5-14)30-23(27)31-22(19)34-12-18(33)28-8-9-32(2)3/h4-7,10-11,21H,8-9,12H2,1-3H3,(H,28,33)(H2,27,30,31). The van der Waals surface area contributed by atoms with Gasteiger partial charge in [0.2, 0.25) is 11.8 Å². The minimum atomic E-state index is -2.81. The Morgan fingerprint density at radius 2 is 1.82 bits per heavy atom. The minimum Gasteiger partial charge on any atom is -0.467 e. The lowest BCUT2D eigenvalue weighted by molar-refractivity contribution is -0.123. The van der Waals surface area contributed by atoms with Gasteiger partial charge in [-0.2, -0.15) is 4.98 Å². The van der Waals surface area contributed by atoms with Crippen LogP contribution in [-0.4, -0.2) is 59.6 Å². The number of benzene rings is 1. The van der Waals surface area contributed by atoms with Crippen molar-refractivity contribution in [2.24, 2.45) is 0 Å². The molecule has 34 heavy (non-hydrogen) atoms. The number of alkyl halides is 2. The third-order valence-electron chi connectivity index (χ3n) is 4.72. The van der Waals surface area contributed by atoms with E-state index in [1.165, 1.54) is 30.3 Å². The number of nitrogen functional groups attached to an aromatic ring is 1. The summed E-state index contributed by atoms with van der Waals surface area (Å²) in [5.74, 6) is -1.09. The summed E-state index contributed by atoms with van der Waals surface area (Å²) in [5.41, 5.74) is 7.00. The van der Waals surface area contributed by atoms with Crippen LogP contribution in [0.1, 0.15) is 17.8 Å². The monoisotopic (exact) mass is 474 g/mol. The van der Waals surface area contributed by atoms with Crippen LogP contribution in [0.15, 0.2) is 36.4 Å². The normalized spacial score (nSPS) is 11.2. The Bertz CT molecular complexity index is 1160. The molecule has 0 fully saturated rings. The predicted molar refractivity (Wildman–Crippen MR) is 122 cm³/mol. The highest BCUT2D eigenvalue weighted by Gasteiger charge is 2.22. The van der Waals surface area contributed by atoms with Crippen LogP contribution in [0, 0.1) is 12.7 Å². The zero-order chi connectivity index (χ0) is 24.8. The summed E-state index contributed by atoms with van der Waals surface area (Å²) >= 11 is 0. The van der Waals surface area contributed by atoms with E-state index >= 15 is 0 Å². The highest BCUT2D eigenvalue weighted by molar-refractivity contribution is 5.85. The maximum absolute atomic E-state index is 13.5. The molecule has 180 valence electrons. The first-order valence-electron chi connectivity index (χ1n) is 10.4. The number of aromatic nitrogens is 3. The number of hydrogen-bond donors (Lipinski definition) is 2. The van der Waals surface area contributed by atoms with E-state index in [0.29, 0.717) is 29.9 Å². The predicted octanol–water partition coefficient (Wildman–Crippen LogP) is 3.23. The van der Waals surface area contributed by atoms with E-state index in [4.69, 9.17) is 10.5 Å². The van der Waals surface area contributed by atoms with E-state index in [1.54, 1.807) is 13.0 Å². The highest BCUT2D eigenvalue weighted by Crippen LogP contribution is 2.39. The summed E-state index contributed by atoms with van der Waals surface area (Å²) < 4.78 is 46.1. The first kappa shape index (κ1) is 24.9. The molecule has 0 spiro atoms. The Kier molecular flexibility index (Phi) is 8.00. The van der Waals surface area contributed by atoms with Crippen LogP contribution in [0.2, 0.25) is 0 Å². The van der Waals surface area contributed by atoms with Crippen molar-refractivity contribution in [2.75, 3.05) is 39.5 Å². The summed E-state index contributed by atoms with van der Waals surface area (Å²) in [6, 6.07) is 8.18. The van der Waals surface area contributed by atoms with Crippen LogP contribution < -0.4 is 15.8 Å². The third kappa shape index (κ3) is 6.41. The third-order valence-corrected chi connectivity index (χ3v) is 4.72. The van der Waals surface area contributed by atoms with E-state index in [0.717, 1.165) is 0 Å². The van der Waals surface area contributed by atoms with E-state index in [1.807, 2.05) is 19.0 Å². The summed E-state index contributed by atoms with van der Waals surface area (Å²) in [5, 5.41) is 2.71. The number of carbonyl (C=O) groups excluding carboxylic acids is 1. The van der Waals surface area contributed by atoms with Gasteiger partial charge in [-0.25, -0.2) is 18.2 Å². The highest BCUT2D eigenvalue weighted by atomic mass is 19.3. The van der Waals surface area contributed by atoms with Gasteiger partial charge in [0, 0.05) is 24.3 Å². The first-order chi connectivity index (χ1) is 16.1. The molecule has 0 aliphatic rings. The molecule has 2 heterocycles. The van der Waals surface area contributed by atoms with Gasteiger partial charge < -0.3 is 20.7 Å². The van der Waals surface area contributed by atoms with E-state index < -0.39 is 23.8 Å². The zero-order valence-corrected chi connectivity index (χ0v) is 19.0. The number of anilines is 1. The number of hydrogen-bond acceptors (Lipinski definition) is 7. The van der Waals surface area contributed by atoms with E-state index in [9.17, 15) is 18.0 Å². The molecule has 0 bridgehead atoms. The molecule has 3 aromatic rings. The van der Waals surface area contributed by atoms with Gasteiger partial charge in [-0.3, -0.25) is 9.78 Å². The molecule has 2 aromatic heterocycles. The van der Waals surface area contributed by atoms with Crippen molar-refractivity contribution in [3.63, 3.8) is 0 Å². The number of nitrogens with one attached hydrogen (secondary N) is 1. The number of amides is 1. The van der Waals surface area contributed by atoms with Crippen LogP contribution in [0.5, 0.6) is 5.88 Å². The van der Waals surface area contributed by atoms with Crippen LogP contribution >= 0.6 is 0 Å². The second-order valence-corrected chi connectivity index (χ2v) is 7.78. The second-order valence-electron chi connectivity index (χ2n) is 7.78. The molecular weight excluding hydrogens is 449 g/mol. The molecule has 3 rings (SSSR count). The molecule has 1 aromatic carbocycles. The molecular formula is C23H25F3N6O2. The van der Waals surface area contributed by atoms with Crippen molar-refractivity contribution in [1.29, 1.82) is 0 Å². The summed E-state index contributed by atoms with van der Waals surface area (Å²) in [6.07, 6.45) is -2.81. The molecule has 8 nitrogen and oxygen atoms in total. The maximum Gasteiger partial charge on any atom is 0.280 e. The number of aryl methyl sites for hydroxylation is 1. The summed E-state index contributed by atoms with van der Waals surface area (Å²) in [7, 11) is 3.75. The van der Waals surface area contributed by atoms with Crippen molar-refractivity contribution in [2.45, 2.75) is 13.3 Å². The molecule has 0 saturated carbocycles. The van der Waals surface area contributed by atoms with Crippen molar-refractivity contribution in [3.8, 4) is 28.3 Å². The number of rotatable bonds is 9. The van der Waals surface area contributed by atoms with Gasteiger partial charge >= 0.3 is 0 Å². The molecule has 0 saturated heterocycles. The lowest BCUT2D eigenvalue weighted by atomic mass is 9.99. The fourth-order valence-electron chi connectivity index (χ4n) is 3.19. The van der Waals surface area contributed by atoms with Gasteiger partial charge in [0.1, 0.15) is 11.5 Å². The van der Waals surface area contributed by atoms with Crippen LogP contribution in [0.25, 0.3) is 22.4 Å². The average Bonchev–Trinajstić information content (AvgIpc) is 2.77. The molecule has 11 heteroatoms. The van der Waals surface area contributed by atoms with Gasteiger partial charge in [-0.15, -0.1) is 0 Å². The average molecular weight is 474 g/mol. The zero-order valence-electron chi connectivity index (χ0n) is 19.0. The lowest BCUT2D eigenvalue weighted by Gasteiger charge is -2.17. The van der Waals surface area contributed by atoms with Gasteiger partial charge in [-0.05, 0) is 63.0 Å². The number of carbonyl (C=O) groups is 1. The minimum absolute atomic E-state index is 0.0691. The molecule has 0 aliphatic heterocycles. The van der Waals surface area contributed by atoms with Gasteiger partial charge in [0.15, 0.2) is 6.61 Å². The Morgan fingerprint density at radius 1 is 1.12 bits per heavy atom. The van der Waals surface area contributed by atoms with E-state index in [-0.39, 0.29) is 29.7 Å². The van der Waals surface area contributed by atoms with Crippen molar-refractivity contribution < 1.29 is 22.7 Å². The Labute approximate surface area is 195 Å². The smallest absolute Gasteiger partial charge is 0.280 e. The molecule has 0 radical (unpaired) electrons. The van der Waals surface area contributed by atoms with Crippen molar-refractivity contribution in [1.82, 2.24) is 25.2 Å². The van der Waals surface area contributed by atoms with Crippen molar-refractivity contribution in [3.05, 3.63) is 53.6 Å². The van der Waals surface area contributed by atoms with Gasteiger partial charge in [-0.1, -0.05) is 0 Å². The van der Waals surface area contributed by atoms with Gasteiger partial charge in [0.25, 0.3) is 12.3 Å². The number of nitrogens with zero attached hydrogens (tertiary/aromatic N) is 4. The van der Waals surface area contributed by atoms with Crippen LogP contribution in [0.3, 0.4) is 0 Å². The SMILES string of the molecule is Cc1cc(-c2c(OCC(=O)NCCN(C)C)nc(N)nc2-c2ccc(F)cc2)cc(C(F)F)n1. The number of halogens is 3. The first-order valence-corrected chi connectivity index (χ1v) is 10.4. The molecule has 3 N–H and O–H groups in total. The number of ether oxygens (including phenoxy) is 1. The Balaban J connectivity index is 2.07. The summed E-state index contributed by atoms with van der Waals surface area (Å²) in [6.45, 7) is 2.24. The fraction of sp³-hybridized carbons (Fsp3) is 0.304. The Morgan fingerprint density at radius 3 is 2.47 bits per heavy atom. The molecule has 1 amide bonds. The molecule has 0 unspecified atom stereocenters. The van der Waals surface area contributed by atoms with Crippen molar-refractivity contribution >= 4 is 11.9 Å². The Hall–Kier alpha value is -3.73. The van der Waals surface area contributed by atoms with Gasteiger partial charge in [0.05, 0.1) is 11.3 Å². The summed E-state index contributed by atoms with van der Waals surface area (Å²) in [4.78, 5) is 26.4. The maximum atomic E-state index is 13.5. The van der Waals surface area contributed by atoms with Crippen LogP contribution in [-0.2, 0) is 4.79 Å². The number of likely N-dealkylation sites (N-methyl/N-ethyl adjacent to an activating group) is 1. The number of nitrogens with two attached hydrogens (primary N) is 1. The number of pyridine rings is 1. The van der Waals surface area contributed by atoms with Crippen LogP contribution in [0.4, 0.5) is 19.1 Å². The quantitative estimate of drug-likeness (QED) is 0.490. The fourth-order valence-corrected chi connectivity index (χ4v) is 3.19. The topological polar surface area (TPSA) is 106 Å². The second kappa shape index (κ2) is 10.9. The van der Waals surface area contributed by atoms with E-state index in [2.05, 4.69) is 20.3 Å². The molecule has 0 aliphatic carbocycles.